The summed E-state index contributed by atoms with van der Waals surface area (Å²) in [7, 11) is 0. The summed E-state index contributed by atoms with van der Waals surface area (Å²) in [6, 6.07) is 16.5. The van der Waals surface area contributed by atoms with Gasteiger partial charge in [-0.25, -0.2) is 4.98 Å². The molecule has 3 rings (SSSR count). The minimum absolute atomic E-state index is 0.658. The molecule has 1 heterocycles. The molecule has 0 N–H and O–H groups in total. The highest BCUT2D eigenvalue weighted by atomic mass is 32.1. The average molecular weight is 374 g/mol. The van der Waals surface area contributed by atoms with E-state index in [4.69, 9.17) is 10.2 Å². The van der Waals surface area contributed by atoms with Crippen molar-refractivity contribution >= 4 is 28.2 Å². The lowest BCUT2D eigenvalue weighted by atomic mass is 10.0. The van der Waals surface area contributed by atoms with Crippen molar-refractivity contribution in [2.24, 2.45) is 0 Å². The van der Waals surface area contributed by atoms with Gasteiger partial charge < -0.3 is 4.90 Å². The molecule has 4 heteroatoms. The van der Waals surface area contributed by atoms with Gasteiger partial charge in [0.15, 0.2) is 5.13 Å². The Morgan fingerprint density at radius 2 is 1.89 bits per heavy atom. The van der Waals surface area contributed by atoms with Gasteiger partial charge in [0, 0.05) is 10.6 Å². The Kier molecular flexibility index (Phi) is 5.73. The van der Waals surface area contributed by atoms with E-state index in [2.05, 4.69) is 56.5 Å². The maximum atomic E-state index is 9.10. The molecule has 0 radical (unpaired) electrons. The fourth-order valence-corrected chi connectivity index (χ4v) is 4.02. The molecule has 0 saturated heterocycles. The van der Waals surface area contributed by atoms with Crippen molar-refractivity contribution in [1.29, 1.82) is 5.26 Å². The van der Waals surface area contributed by atoms with E-state index < -0.39 is 0 Å². The van der Waals surface area contributed by atoms with Crippen LogP contribution < -0.4 is 4.90 Å². The predicted molar refractivity (Wildman–Crippen MR) is 114 cm³/mol. The Labute approximate surface area is 165 Å². The zero-order chi connectivity index (χ0) is 19.4. The van der Waals surface area contributed by atoms with Gasteiger partial charge >= 0.3 is 0 Å². The Hall–Kier alpha value is -2.90. The topological polar surface area (TPSA) is 39.9 Å². The van der Waals surface area contributed by atoms with Crippen LogP contribution in [0.1, 0.15) is 39.7 Å². The molecular formula is C23H23N3S. The van der Waals surface area contributed by atoms with Crippen molar-refractivity contribution in [2.45, 2.75) is 33.7 Å². The number of rotatable bonds is 6. The quantitative estimate of drug-likeness (QED) is 0.518. The number of nitrogens with zero attached hydrogens (tertiary/aromatic N) is 3. The van der Waals surface area contributed by atoms with Gasteiger partial charge in [-0.2, -0.15) is 5.26 Å². The molecule has 136 valence electrons. The van der Waals surface area contributed by atoms with Gasteiger partial charge in [-0.15, -0.1) is 11.3 Å². The number of hydrogen-bond acceptors (Lipinski definition) is 4. The molecule has 0 aliphatic heterocycles. The second-order valence-electron chi connectivity index (χ2n) is 6.51. The molecule has 1 aromatic heterocycles. The molecule has 0 bridgehead atoms. The number of nitriles is 1. The molecule has 0 unspecified atom stereocenters. The lowest BCUT2D eigenvalue weighted by Crippen LogP contribution is -2.17. The van der Waals surface area contributed by atoms with Crippen LogP contribution in [-0.2, 0) is 13.0 Å². The summed E-state index contributed by atoms with van der Waals surface area (Å²) in [5.41, 5.74) is 6.53. The second kappa shape index (κ2) is 8.20. The van der Waals surface area contributed by atoms with Crippen LogP contribution in [0.3, 0.4) is 0 Å². The van der Waals surface area contributed by atoms with Crippen molar-refractivity contribution in [3.05, 3.63) is 81.9 Å². The van der Waals surface area contributed by atoms with E-state index in [1.807, 2.05) is 24.3 Å². The van der Waals surface area contributed by atoms with Crippen molar-refractivity contribution in [1.82, 2.24) is 4.98 Å². The molecule has 2 aromatic carbocycles. The molecule has 0 spiro atoms. The van der Waals surface area contributed by atoms with Gasteiger partial charge in [0.25, 0.3) is 0 Å². The highest BCUT2D eigenvalue weighted by Crippen LogP contribution is 2.34. The summed E-state index contributed by atoms with van der Waals surface area (Å²) in [6.45, 7) is 11.0. The predicted octanol–water partition coefficient (Wildman–Crippen LogP) is 6.18. The van der Waals surface area contributed by atoms with Gasteiger partial charge in [-0.3, -0.25) is 0 Å². The number of aromatic nitrogens is 1. The van der Waals surface area contributed by atoms with Crippen LogP contribution in [0.2, 0.25) is 0 Å². The van der Waals surface area contributed by atoms with E-state index >= 15 is 0 Å². The maximum Gasteiger partial charge on any atom is 0.190 e. The fraction of sp³-hybridized carbons (Fsp3) is 0.217. The SMILES string of the molecule is C=Cc1nc(N(Cc2ccc(C)cc2CC)c2ccc(C#N)cc2)sc1C. The van der Waals surface area contributed by atoms with Gasteiger partial charge in [0.1, 0.15) is 0 Å². The van der Waals surface area contributed by atoms with Crippen molar-refractivity contribution in [2.75, 3.05) is 4.90 Å². The lowest BCUT2D eigenvalue weighted by Gasteiger charge is -2.24. The fourth-order valence-electron chi connectivity index (χ4n) is 3.09. The third-order valence-corrected chi connectivity index (χ3v) is 5.63. The number of benzene rings is 2. The minimum Gasteiger partial charge on any atom is -0.313 e. The van der Waals surface area contributed by atoms with Crippen LogP contribution in [0.4, 0.5) is 10.8 Å². The van der Waals surface area contributed by atoms with Crippen LogP contribution in [-0.4, -0.2) is 4.98 Å². The first-order valence-corrected chi connectivity index (χ1v) is 9.83. The maximum absolute atomic E-state index is 9.10. The van der Waals surface area contributed by atoms with E-state index in [0.717, 1.165) is 34.4 Å². The summed E-state index contributed by atoms with van der Waals surface area (Å²) in [5, 5.41) is 10.0. The number of hydrogen-bond donors (Lipinski definition) is 0. The Bertz CT molecular complexity index is 993. The highest BCUT2D eigenvalue weighted by Gasteiger charge is 2.17. The van der Waals surface area contributed by atoms with E-state index in [1.165, 1.54) is 16.7 Å². The normalized spacial score (nSPS) is 10.4. The average Bonchev–Trinajstić information content (AvgIpc) is 3.07. The zero-order valence-corrected chi connectivity index (χ0v) is 16.8. The third kappa shape index (κ3) is 4.10. The summed E-state index contributed by atoms with van der Waals surface area (Å²) in [5.74, 6) is 0. The highest BCUT2D eigenvalue weighted by molar-refractivity contribution is 7.15. The van der Waals surface area contributed by atoms with Gasteiger partial charge in [-0.1, -0.05) is 37.3 Å². The van der Waals surface area contributed by atoms with Gasteiger partial charge in [0.2, 0.25) is 0 Å². The first-order valence-electron chi connectivity index (χ1n) is 9.01. The van der Waals surface area contributed by atoms with E-state index in [0.29, 0.717) is 5.56 Å². The number of aryl methyl sites for hydroxylation is 3. The Morgan fingerprint density at radius 3 is 2.48 bits per heavy atom. The zero-order valence-electron chi connectivity index (χ0n) is 16.0. The summed E-state index contributed by atoms with van der Waals surface area (Å²) < 4.78 is 0. The minimum atomic E-state index is 0.658. The first kappa shape index (κ1) is 18.9. The standard InChI is InChI=1S/C23H23N3S/c1-5-19-13-16(3)7-10-20(19)15-26(21-11-8-18(14-24)9-12-21)23-25-22(6-2)17(4)27-23/h6-13H,2,5,15H2,1,3-4H3. The molecule has 3 nitrogen and oxygen atoms in total. The second-order valence-corrected chi connectivity index (χ2v) is 7.69. The largest absolute Gasteiger partial charge is 0.313 e. The molecule has 3 aromatic rings. The molecule has 0 fully saturated rings. The molecule has 0 amide bonds. The number of thiazole rings is 1. The third-order valence-electron chi connectivity index (χ3n) is 4.62. The van der Waals surface area contributed by atoms with Crippen molar-refractivity contribution in [3.8, 4) is 6.07 Å². The first-order chi connectivity index (χ1) is 13.0. The molecule has 0 aliphatic carbocycles. The summed E-state index contributed by atoms with van der Waals surface area (Å²) >= 11 is 1.67. The molecular weight excluding hydrogens is 350 g/mol. The van der Waals surface area contributed by atoms with Crippen LogP contribution >= 0.6 is 11.3 Å². The summed E-state index contributed by atoms with van der Waals surface area (Å²) in [6.07, 6.45) is 2.79. The van der Waals surface area contributed by atoms with Crippen LogP contribution in [0.15, 0.2) is 49.0 Å². The van der Waals surface area contributed by atoms with E-state index in [1.54, 1.807) is 17.4 Å². The number of anilines is 2. The Balaban J connectivity index is 2.06. The molecule has 0 saturated carbocycles. The van der Waals surface area contributed by atoms with Crippen molar-refractivity contribution < 1.29 is 0 Å². The molecule has 0 aliphatic rings. The van der Waals surface area contributed by atoms with Gasteiger partial charge in [-0.05, 0) is 61.7 Å². The van der Waals surface area contributed by atoms with Gasteiger partial charge in [0.05, 0.1) is 23.9 Å². The smallest absolute Gasteiger partial charge is 0.190 e. The van der Waals surface area contributed by atoms with Crippen LogP contribution in [0.25, 0.3) is 6.08 Å². The van der Waals surface area contributed by atoms with E-state index in [-0.39, 0.29) is 0 Å². The van der Waals surface area contributed by atoms with Crippen LogP contribution in [0, 0.1) is 25.2 Å². The molecule has 0 atom stereocenters. The van der Waals surface area contributed by atoms with Crippen LogP contribution in [0.5, 0.6) is 0 Å². The van der Waals surface area contributed by atoms with Crippen molar-refractivity contribution in [3.63, 3.8) is 0 Å². The van der Waals surface area contributed by atoms with E-state index in [9.17, 15) is 0 Å². The molecule has 27 heavy (non-hydrogen) atoms. The Morgan fingerprint density at radius 1 is 1.15 bits per heavy atom. The lowest BCUT2D eigenvalue weighted by molar-refractivity contribution is 0.934. The monoisotopic (exact) mass is 373 g/mol. The summed E-state index contributed by atoms with van der Waals surface area (Å²) in [4.78, 5) is 8.15.